The Hall–Kier alpha value is -0.820. The lowest BCUT2D eigenvalue weighted by Gasteiger charge is -2.30. The summed E-state index contributed by atoms with van der Waals surface area (Å²) >= 11 is 0. The number of quaternary nitrogens is 1. The zero-order valence-corrected chi connectivity index (χ0v) is 11.8. The molecule has 0 atom stereocenters. The largest absolute Gasteiger partial charge is 0.325 e. The minimum absolute atomic E-state index is 1.11. The molecule has 17 heavy (non-hydrogen) atoms. The molecule has 1 nitrogen and oxygen atoms in total. The molecule has 0 spiro atoms. The van der Waals surface area contributed by atoms with Crippen LogP contribution in [0.1, 0.15) is 44.6 Å². The Labute approximate surface area is 107 Å². The molecule has 0 N–H and O–H groups in total. The Morgan fingerprint density at radius 1 is 0.882 bits per heavy atom. The van der Waals surface area contributed by atoms with E-state index in [2.05, 4.69) is 51.4 Å². The summed E-state index contributed by atoms with van der Waals surface area (Å²) in [5.74, 6) is 0. The van der Waals surface area contributed by atoms with Gasteiger partial charge in [-0.2, -0.15) is 0 Å². The smallest absolute Gasteiger partial charge is 0.104 e. The van der Waals surface area contributed by atoms with E-state index in [1.807, 2.05) is 0 Å². The second kappa shape index (κ2) is 7.50. The molecular weight excluding hydrogens is 206 g/mol. The van der Waals surface area contributed by atoms with Crippen LogP contribution in [0.15, 0.2) is 30.3 Å². The maximum Gasteiger partial charge on any atom is 0.104 e. The predicted molar refractivity (Wildman–Crippen MR) is 75.9 cm³/mol. The van der Waals surface area contributed by atoms with Gasteiger partial charge in [-0.25, -0.2) is 0 Å². The number of hydrogen-bond acceptors (Lipinski definition) is 0. The lowest BCUT2D eigenvalue weighted by Crippen LogP contribution is -2.39. The van der Waals surface area contributed by atoms with Crippen molar-refractivity contribution in [2.24, 2.45) is 0 Å². The predicted octanol–water partition coefficient (Wildman–Crippen LogP) is 4.23. The molecule has 0 heterocycles. The molecule has 1 aromatic rings. The number of hydrogen-bond donors (Lipinski definition) is 0. The number of benzene rings is 1. The minimum atomic E-state index is 1.11. The molecule has 1 rings (SSSR count). The van der Waals surface area contributed by atoms with E-state index in [9.17, 15) is 0 Å². The van der Waals surface area contributed by atoms with E-state index >= 15 is 0 Å². The van der Waals surface area contributed by atoms with E-state index in [1.54, 1.807) is 0 Å². The lowest BCUT2D eigenvalue weighted by atomic mass is 10.1. The molecular formula is C16H28N+. The van der Waals surface area contributed by atoms with E-state index in [0.29, 0.717) is 0 Å². The summed E-state index contributed by atoms with van der Waals surface area (Å²) in [6.45, 7) is 4.71. The van der Waals surface area contributed by atoms with Crippen molar-refractivity contribution in [1.29, 1.82) is 0 Å². The Morgan fingerprint density at radius 2 is 1.53 bits per heavy atom. The van der Waals surface area contributed by atoms with Gasteiger partial charge in [0.15, 0.2) is 0 Å². The molecule has 0 bridgehead atoms. The highest BCUT2D eigenvalue weighted by Crippen LogP contribution is 2.12. The molecule has 1 heteroatoms. The first-order valence-corrected chi connectivity index (χ1v) is 7.00. The summed E-state index contributed by atoms with van der Waals surface area (Å²) in [6, 6.07) is 10.8. The van der Waals surface area contributed by atoms with Crippen LogP contribution >= 0.6 is 0 Å². The van der Waals surface area contributed by atoms with E-state index in [-0.39, 0.29) is 0 Å². The van der Waals surface area contributed by atoms with Gasteiger partial charge in [-0.15, -0.1) is 0 Å². The van der Waals surface area contributed by atoms with E-state index < -0.39 is 0 Å². The van der Waals surface area contributed by atoms with E-state index in [4.69, 9.17) is 0 Å². The second-order valence-electron chi connectivity index (χ2n) is 5.72. The molecule has 0 fully saturated rings. The summed E-state index contributed by atoms with van der Waals surface area (Å²) in [5, 5.41) is 0. The highest BCUT2D eigenvalue weighted by molar-refractivity contribution is 5.13. The van der Waals surface area contributed by atoms with Gasteiger partial charge >= 0.3 is 0 Å². The van der Waals surface area contributed by atoms with Crippen molar-refractivity contribution in [3.05, 3.63) is 35.9 Å². The molecule has 0 aromatic heterocycles. The first-order valence-electron chi connectivity index (χ1n) is 7.00. The van der Waals surface area contributed by atoms with Crippen molar-refractivity contribution in [1.82, 2.24) is 0 Å². The SMILES string of the molecule is CCCCCCC[N+](C)(C)Cc1ccccc1. The van der Waals surface area contributed by atoms with Crippen LogP contribution in [0, 0.1) is 0 Å². The van der Waals surface area contributed by atoms with Crippen molar-refractivity contribution < 1.29 is 4.48 Å². The van der Waals surface area contributed by atoms with Gasteiger partial charge in [-0.05, 0) is 12.8 Å². The van der Waals surface area contributed by atoms with E-state index in [1.165, 1.54) is 44.2 Å². The second-order valence-corrected chi connectivity index (χ2v) is 5.72. The fraction of sp³-hybridized carbons (Fsp3) is 0.625. The van der Waals surface area contributed by atoms with Crippen molar-refractivity contribution >= 4 is 0 Å². The molecule has 0 aliphatic rings. The summed E-state index contributed by atoms with van der Waals surface area (Å²) in [7, 11) is 4.68. The van der Waals surface area contributed by atoms with Crippen LogP contribution in [0.5, 0.6) is 0 Å². The van der Waals surface area contributed by atoms with Crippen LogP contribution in [-0.2, 0) is 6.54 Å². The number of nitrogens with zero attached hydrogens (tertiary/aromatic N) is 1. The average molecular weight is 234 g/mol. The lowest BCUT2D eigenvalue weighted by molar-refractivity contribution is -0.903. The van der Waals surface area contributed by atoms with Gasteiger partial charge in [-0.1, -0.05) is 56.5 Å². The standard InChI is InChI=1S/C16H28N/c1-4-5-6-7-11-14-17(2,3)15-16-12-9-8-10-13-16/h8-10,12-13H,4-7,11,14-15H2,1-3H3/q+1. The van der Waals surface area contributed by atoms with Gasteiger partial charge in [0.25, 0.3) is 0 Å². The van der Waals surface area contributed by atoms with Crippen molar-refractivity contribution in [3.63, 3.8) is 0 Å². The Bertz CT molecular complexity index is 290. The Morgan fingerprint density at radius 3 is 2.18 bits per heavy atom. The van der Waals surface area contributed by atoms with Crippen LogP contribution in [-0.4, -0.2) is 25.1 Å². The third-order valence-electron chi connectivity index (χ3n) is 3.32. The molecule has 0 aliphatic heterocycles. The zero-order valence-electron chi connectivity index (χ0n) is 11.8. The molecule has 0 aliphatic carbocycles. The minimum Gasteiger partial charge on any atom is -0.325 e. The van der Waals surface area contributed by atoms with Crippen molar-refractivity contribution in [3.8, 4) is 0 Å². The van der Waals surface area contributed by atoms with Crippen LogP contribution in [0.25, 0.3) is 0 Å². The van der Waals surface area contributed by atoms with Gasteiger partial charge in [-0.3, -0.25) is 0 Å². The van der Waals surface area contributed by atoms with Gasteiger partial charge in [0.1, 0.15) is 6.54 Å². The van der Waals surface area contributed by atoms with Crippen molar-refractivity contribution in [2.45, 2.75) is 45.6 Å². The van der Waals surface area contributed by atoms with Gasteiger partial charge in [0.2, 0.25) is 0 Å². The average Bonchev–Trinajstić information content (AvgIpc) is 2.29. The Balaban J connectivity index is 2.26. The zero-order chi connectivity index (χ0) is 12.6. The molecule has 1 aromatic carbocycles. The van der Waals surface area contributed by atoms with E-state index in [0.717, 1.165) is 11.0 Å². The third-order valence-corrected chi connectivity index (χ3v) is 3.32. The maximum absolute atomic E-state index is 2.34. The molecule has 0 saturated carbocycles. The monoisotopic (exact) mass is 234 g/mol. The number of rotatable bonds is 8. The summed E-state index contributed by atoms with van der Waals surface area (Å²) < 4.78 is 1.11. The fourth-order valence-electron chi connectivity index (χ4n) is 2.30. The summed E-state index contributed by atoms with van der Waals surface area (Å²) in [4.78, 5) is 0. The van der Waals surface area contributed by atoms with Crippen LogP contribution in [0.2, 0.25) is 0 Å². The molecule has 96 valence electrons. The molecule has 0 radical (unpaired) electrons. The van der Waals surface area contributed by atoms with Crippen molar-refractivity contribution in [2.75, 3.05) is 20.6 Å². The molecule has 0 saturated heterocycles. The topological polar surface area (TPSA) is 0 Å². The maximum atomic E-state index is 2.34. The van der Waals surface area contributed by atoms with Crippen LogP contribution in [0.4, 0.5) is 0 Å². The fourth-order valence-corrected chi connectivity index (χ4v) is 2.30. The van der Waals surface area contributed by atoms with Crippen LogP contribution in [0.3, 0.4) is 0 Å². The third kappa shape index (κ3) is 6.48. The highest BCUT2D eigenvalue weighted by atomic mass is 15.3. The highest BCUT2D eigenvalue weighted by Gasteiger charge is 2.14. The summed E-state index contributed by atoms with van der Waals surface area (Å²) in [6.07, 6.45) is 6.89. The van der Waals surface area contributed by atoms with Gasteiger partial charge in [0, 0.05) is 5.56 Å². The molecule has 0 unspecified atom stereocenters. The Kier molecular flexibility index (Phi) is 6.28. The van der Waals surface area contributed by atoms with Crippen LogP contribution < -0.4 is 0 Å². The normalized spacial score (nSPS) is 11.7. The first kappa shape index (κ1) is 14.2. The quantitative estimate of drug-likeness (QED) is 0.466. The summed E-state index contributed by atoms with van der Waals surface area (Å²) in [5.41, 5.74) is 1.45. The molecule has 0 amide bonds. The first-order chi connectivity index (χ1) is 8.14. The number of unbranched alkanes of at least 4 members (excludes halogenated alkanes) is 4. The van der Waals surface area contributed by atoms with Gasteiger partial charge in [0.05, 0.1) is 20.6 Å². The van der Waals surface area contributed by atoms with Gasteiger partial charge < -0.3 is 4.48 Å².